The summed E-state index contributed by atoms with van der Waals surface area (Å²) in [5, 5.41) is 2.61. The van der Waals surface area contributed by atoms with E-state index in [4.69, 9.17) is 9.47 Å². The molecule has 0 bridgehead atoms. The minimum Gasteiger partial charge on any atom is -0.494 e. The van der Waals surface area contributed by atoms with E-state index in [1.54, 1.807) is 24.3 Å². The monoisotopic (exact) mass is 369 g/mol. The molecule has 8 heteroatoms. The molecule has 2 rings (SSSR count). The highest BCUT2D eigenvalue weighted by molar-refractivity contribution is 7.91. The van der Waals surface area contributed by atoms with Crippen LogP contribution >= 0.6 is 0 Å². The first-order valence-corrected chi connectivity index (χ1v) is 10.1. The van der Waals surface area contributed by atoms with Gasteiger partial charge in [0.15, 0.2) is 15.9 Å². The molecule has 1 aromatic carbocycles. The lowest BCUT2D eigenvalue weighted by Gasteiger charge is -2.16. The molecule has 0 radical (unpaired) electrons. The second kappa shape index (κ2) is 8.33. The summed E-state index contributed by atoms with van der Waals surface area (Å²) >= 11 is 0. The second-order valence-electron chi connectivity index (χ2n) is 6.03. The summed E-state index contributed by atoms with van der Waals surface area (Å²) in [6.07, 6.45) is 0.263. The van der Waals surface area contributed by atoms with Crippen molar-refractivity contribution in [1.29, 1.82) is 0 Å². The SMILES string of the molecule is CCCOc1ccc(C(=O)O[C@H](C)C(=O)N[C@@H]2CCS(=O)(=O)C2)cc1. The Morgan fingerprint density at radius 2 is 1.96 bits per heavy atom. The summed E-state index contributed by atoms with van der Waals surface area (Å²) in [6, 6.07) is 6.05. The molecule has 1 fully saturated rings. The van der Waals surface area contributed by atoms with Gasteiger partial charge in [-0.2, -0.15) is 0 Å². The van der Waals surface area contributed by atoms with E-state index in [-0.39, 0.29) is 11.5 Å². The number of hydrogen-bond donors (Lipinski definition) is 1. The van der Waals surface area contributed by atoms with Gasteiger partial charge in [-0.1, -0.05) is 6.92 Å². The normalized spacial score (nSPS) is 19.8. The van der Waals surface area contributed by atoms with E-state index in [0.717, 1.165) is 6.42 Å². The highest BCUT2D eigenvalue weighted by atomic mass is 32.2. The molecule has 0 saturated carbocycles. The third kappa shape index (κ3) is 5.74. The molecule has 7 nitrogen and oxygen atoms in total. The Kier molecular flexibility index (Phi) is 6.41. The number of sulfone groups is 1. The third-order valence-electron chi connectivity index (χ3n) is 3.79. The van der Waals surface area contributed by atoms with Gasteiger partial charge < -0.3 is 14.8 Å². The van der Waals surface area contributed by atoms with Crippen molar-refractivity contribution in [3.8, 4) is 5.75 Å². The van der Waals surface area contributed by atoms with Gasteiger partial charge in [-0.15, -0.1) is 0 Å². The van der Waals surface area contributed by atoms with Crippen LogP contribution in [0.2, 0.25) is 0 Å². The smallest absolute Gasteiger partial charge is 0.338 e. The van der Waals surface area contributed by atoms with Crippen molar-refractivity contribution in [2.24, 2.45) is 0 Å². The van der Waals surface area contributed by atoms with E-state index in [2.05, 4.69) is 5.32 Å². The standard InChI is InChI=1S/C17H23NO6S/c1-3-9-23-15-6-4-13(5-7-15)17(20)24-12(2)16(19)18-14-8-10-25(21,22)11-14/h4-7,12,14H,3,8-11H2,1-2H3,(H,18,19)/t12-,14-/m1/s1. The molecule has 0 unspecified atom stereocenters. The highest BCUT2D eigenvalue weighted by Gasteiger charge is 2.30. The average Bonchev–Trinajstić information content (AvgIpc) is 2.91. The molecule has 1 saturated heterocycles. The molecule has 1 amide bonds. The molecular weight excluding hydrogens is 346 g/mol. The molecule has 1 aliphatic rings. The van der Waals surface area contributed by atoms with Gasteiger partial charge in [-0.25, -0.2) is 13.2 Å². The molecule has 2 atom stereocenters. The number of amides is 1. The van der Waals surface area contributed by atoms with E-state index in [1.807, 2.05) is 6.92 Å². The first kappa shape index (κ1) is 19.2. The number of carbonyl (C=O) groups is 2. The molecule has 1 N–H and O–H groups in total. The zero-order valence-corrected chi connectivity index (χ0v) is 15.2. The van der Waals surface area contributed by atoms with Crippen LogP contribution in [0.3, 0.4) is 0 Å². The van der Waals surface area contributed by atoms with Crippen LogP contribution in [-0.2, 0) is 19.4 Å². The molecule has 0 aromatic heterocycles. The van der Waals surface area contributed by atoms with E-state index in [9.17, 15) is 18.0 Å². The number of hydrogen-bond acceptors (Lipinski definition) is 6. The van der Waals surface area contributed by atoms with Gasteiger partial charge in [-0.05, 0) is 44.0 Å². The van der Waals surface area contributed by atoms with Gasteiger partial charge in [0.2, 0.25) is 0 Å². The van der Waals surface area contributed by atoms with Crippen LogP contribution in [0.5, 0.6) is 5.75 Å². The Bertz CT molecular complexity index is 713. The van der Waals surface area contributed by atoms with Crippen LogP contribution in [0.15, 0.2) is 24.3 Å². The lowest BCUT2D eigenvalue weighted by atomic mass is 10.2. The Labute approximate surface area is 147 Å². The van der Waals surface area contributed by atoms with Crippen LogP contribution in [-0.4, -0.2) is 50.6 Å². The van der Waals surface area contributed by atoms with Crippen LogP contribution in [0, 0.1) is 0 Å². The zero-order chi connectivity index (χ0) is 18.4. The van der Waals surface area contributed by atoms with Crippen molar-refractivity contribution in [1.82, 2.24) is 5.32 Å². The van der Waals surface area contributed by atoms with Gasteiger partial charge in [0.05, 0.1) is 23.7 Å². The lowest BCUT2D eigenvalue weighted by molar-refractivity contribution is -0.129. The first-order valence-electron chi connectivity index (χ1n) is 8.25. The van der Waals surface area contributed by atoms with Gasteiger partial charge in [0.25, 0.3) is 5.91 Å². The fourth-order valence-corrected chi connectivity index (χ4v) is 4.09. The summed E-state index contributed by atoms with van der Waals surface area (Å²) in [5.41, 5.74) is 0.312. The van der Waals surface area contributed by atoms with Gasteiger partial charge in [0.1, 0.15) is 5.75 Å². The molecule has 0 spiro atoms. The van der Waals surface area contributed by atoms with Crippen molar-refractivity contribution < 1.29 is 27.5 Å². The highest BCUT2D eigenvalue weighted by Crippen LogP contribution is 2.15. The van der Waals surface area contributed by atoms with Gasteiger partial charge in [-0.3, -0.25) is 4.79 Å². The molecule has 0 aliphatic carbocycles. The van der Waals surface area contributed by atoms with Crippen LogP contribution < -0.4 is 10.1 Å². The minimum atomic E-state index is -3.08. The summed E-state index contributed by atoms with van der Waals surface area (Å²) in [4.78, 5) is 24.1. The van der Waals surface area contributed by atoms with Gasteiger partial charge in [0, 0.05) is 6.04 Å². The summed E-state index contributed by atoms with van der Waals surface area (Å²) in [6.45, 7) is 4.05. The van der Waals surface area contributed by atoms with E-state index < -0.39 is 33.9 Å². The summed E-state index contributed by atoms with van der Waals surface area (Å²) in [5.74, 6) is -0.467. The predicted molar refractivity (Wildman–Crippen MR) is 92.3 cm³/mol. The topological polar surface area (TPSA) is 98.8 Å². The van der Waals surface area contributed by atoms with Crippen LogP contribution in [0.25, 0.3) is 0 Å². The number of nitrogens with one attached hydrogen (secondary N) is 1. The lowest BCUT2D eigenvalue weighted by Crippen LogP contribution is -2.42. The van der Waals surface area contributed by atoms with E-state index >= 15 is 0 Å². The maximum atomic E-state index is 12.1. The molecule has 25 heavy (non-hydrogen) atoms. The van der Waals surface area contributed by atoms with Crippen molar-refractivity contribution in [3.63, 3.8) is 0 Å². The maximum absolute atomic E-state index is 12.1. The predicted octanol–water partition coefficient (Wildman–Crippen LogP) is 1.32. The molecule has 1 heterocycles. The Hall–Kier alpha value is -2.09. The van der Waals surface area contributed by atoms with E-state index in [1.165, 1.54) is 6.92 Å². The number of esters is 1. The Morgan fingerprint density at radius 1 is 1.28 bits per heavy atom. The summed E-state index contributed by atoms with van der Waals surface area (Å²) < 4.78 is 33.4. The third-order valence-corrected chi connectivity index (χ3v) is 5.56. The summed E-state index contributed by atoms with van der Waals surface area (Å²) in [7, 11) is -3.08. The van der Waals surface area contributed by atoms with Crippen LogP contribution in [0.4, 0.5) is 0 Å². The fraction of sp³-hybridized carbons (Fsp3) is 0.529. The van der Waals surface area contributed by atoms with E-state index in [0.29, 0.717) is 24.3 Å². The molecule has 1 aliphatic heterocycles. The average molecular weight is 369 g/mol. The minimum absolute atomic E-state index is 0.0680. The maximum Gasteiger partial charge on any atom is 0.338 e. The van der Waals surface area contributed by atoms with Crippen molar-refractivity contribution in [3.05, 3.63) is 29.8 Å². The second-order valence-corrected chi connectivity index (χ2v) is 8.26. The van der Waals surface area contributed by atoms with Crippen molar-refractivity contribution >= 4 is 21.7 Å². The Balaban J connectivity index is 1.85. The number of carbonyl (C=O) groups excluding carboxylic acids is 2. The number of ether oxygens (including phenoxy) is 2. The fourth-order valence-electron chi connectivity index (χ4n) is 2.42. The van der Waals surface area contributed by atoms with Crippen molar-refractivity contribution in [2.75, 3.05) is 18.1 Å². The number of rotatable bonds is 7. The number of benzene rings is 1. The molecule has 138 valence electrons. The molecular formula is C17H23NO6S. The van der Waals surface area contributed by atoms with Crippen molar-refractivity contribution in [2.45, 2.75) is 38.8 Å². The van der Waals surface area contributed by atoms with Gasteiger partial charge >= 0.3 is 5.97 Å². The largest absolute Gasteiger partial charge is 0.494 e. The quantitative estimate of drug-likeness (QED) is 0.728. The molecule has 1 aromatic rings. The zero-order valence-electron chi connectivity index (χ0n) is 14.4. The Morgan fingerprint density at radius 3 is 2.52 bits per heavy atom. The van der Waals surface area contributed by atoms with Crippen LogP contribution in [0.1, 0.15) is 37.0 Å². The first-order chi connectivity index (χ1) is 11.8.